The van der Waals surface area contributed by atoms with E-state index in [1.54, 1.807) is 0 Å². The minimum Gasteiger partial charge on any atom is -0.462 e. The van der Waals surface area contributed by atoms with Crippen molar-refractivity contribution in [3.8, 4) is 0 Å². The van der Waals surface area contributed by atoms with Gasteiger partial charge >= 0.3 is 17.9 Å². The average molecular weight is 1010 g/mol. The van der Waals surface area contributed by atoms with Crippen LogP contribution >= 0.6 is 0 Å². The Morgan fingerprint density at radius 2 is 0.569 bits per heavy atom. The molecule has 0 bridgehead atoms. The van der Waals surface area contributed by atoms with Crippen LogP contribution in [-0.2, 0) is 28.6 Å². The minimum atomic E-state index is -0.802. The van der Waals surface area contributed by atoms with Gasteiger partial charge in [0, 0.05) is 19.3 Å². The summed E-state index contributed by atoms with van der Waals surface area (Å²) < 4.78 is 16.8. The average Bonchev–Trinajstić information content (AvgIpc) is 3.38. The van der Waals surface area contributed by atoms with Crippen molar-refractivity contribution in [1.82, 2.24) is 0 Å². The Hall–Kier alpha value is -3.15. The van der Waals surface area contributed by atoms with Crippen LogP contribution in [0.4, 0.5) is 0 Å². The van der Waals surface area contributed by atoms with Gasteiger partial charge in [0.15, 0.2) is 6.10 Å². The van der Waals surface area contributed by atoms with Gasteiger partial charge in [-0.3, -0.25) is 14.4 Å². The molecule has 6 heteroatoms. The van der Waals surface area contributed by atoms with Gasteiger partial charge in [0.1, 0.15) is 13.2 Å². The molecule has 0 aliphatic rings. The third-order valence-electron chi connectivity index (χ3n) is 13.4. The van der Waals surface area contributed by atoms with E-state index in [2.05, 4.69) is 93.7 Å². The van der Waals surface area contributed by atoms with E-state index in [-0.39, 0.29) is 37.5 Å². The molecular weight excluding hydrogens is 889 g/mol. The Morgan fingerprint density at radius 3 is 0.931 bits per heavy atom. The van der Waals surface area contributed by atoms with Crippen molar-refractivity contribution in [2.45, 2.75) is 316 Å². The Bertz CT molecular complexity index is 1340. The summed E-state index contributed by atoms with van der Waals surface area (Å²) in [5.41, 5.74) is 0. The van der Waals surface area contributed by atoms with Crippen molar-refractivity contribution in [1.29, 1.82) is 0 Å². The second kappa shape index (κ2) is 60.4. The molecule has 0 aromatic heterocycles. The van der Waals surface area contributed by atoms with Crippen molar-refractivity contribution >= 4 is 17.9 Å². The number of esters is 3. The van der Waals surface area contributed by atoms with Gasteiger partial charge in [0.25, 0.3) is 0 Å². The summed E-state index contributed by atoms with van der Waals surface area (Å²) in [6.07, 6.45) is 77.8. The lowest BCUT2D eigenvalue weighted by Crippen LogP contribution is -2.30. The van der Waals surface area contributed by atoms with E-state index in [0.29, 0.717) is 19.3 Å². The highest BCUT2D eigenvalue weighted by atomic mass is 16.6. The lowest BCUT2D eigenvalue weighted by atomic mass is 10.0. The summed E-state index contributed by atoms with van der Waals surface area (Å²) in [5, 5.41) is 0. The second-order valence-corrected chi connectivity index (χ2v) is 20.6. The molecular formula is C66H116O6. The third kappa shape index (κ3) is 57.7. The van der Waals surface area contributed by atoms with Crippen molar-refractivity contribution in [3.05, 3.63) is 72.9 Å². The molecule has 0 aromatic carbocycles. The molecule has 0 rings (SSSR count). The molecule has 0 radical (unpaired) electrons. The van der Waals surface area contributed by atoms with Crippen molar-refractivity contribution in [3.63, 3.8) is 0 Å². The molecule has 0 aromatic rings. The maximum atomic E-state index is 12.8. The molecule has 0 aliphatic heterocycles. The molecule has 0 saturated heterocycles. The highest BCUT2D eigenvalue weighted by molar-refractivity contribution is 5.71. The Labute approximate surface area is 446 Å². The van der Waals surface area contributed by atoms with Gasteiger partial charge in [-0.2, -0.15) is 0 Å². The molecule has 0 saturated carbocycles. The molecule has 0 N–H and O–H groups in total. The zero-order valence-corrected chi connectivity index (χ0v) is 47.7. The molecule has 0 heterocycles. The zero-order chi connectivity index (χ0) is 52.2. The van der Waals surface area contributed by atoms with E-state index >= 15 is 0 Å². The van der Waals surface area contributed by atoms with Gasteiger partial charge in [-0.05, 0) is 83.5 Å². The summed E-state index contributed by atoms with van der Waals surface area (Å²) in [6.45, 7) is 6.45. The number of allylic oxidation sites excluding steroid dienone is 12. The van der Waals surface area contributed by atoms with Gasteiger partial charge in [-0.25, -0.2) is 0 Å². The largest absolute Gasteiger partial charge is 0.462 e. The fourth-order valence-electron chi connectivity index (χ4n) is 8.83. The fourth-order valence-corrected chi connectivity index (χ4v) is 8.83. The lowest BCUT2D eigenvalue weighted by molar-refractivity contribution is -0.167. The molecule has 0 amide bonds. The number of ether oxygens (including phenoxy) is 3. The van der Waals surface area contributed by atoms with Crippen LogP contribution in [-0.4, -0.2) is 37.2 Å². The van der Waals surface area contributed by atoms with Crippen LogP contribution in [0.5, 0.6) is 0 Å². The first-order valence-electron chi connectivity index (χ1n) is 30.9. The van der Waals surface area contributed by atoms with Crippen LogP contribution in [0.2, 0.25) is 0 Å². The Balaban J connectivity index is 4.26. The normalized spacial score (nSPS) is 12.5. The quantitative estimate of drug-likeness (QED) is 0.0261. The van der Waals surface area contributed by atoms with Crippen LogP contribution in [0.15, 0.2) is 72.9 Å². The predicted molar refractivity (Wildman–Crippen MR) is 311 cm³/mol. The van der Waals surface area contributed by atoms with Crippen LogP contribution < -0.4 is 0 Å². The summed E-state index contributed by atoms with van der Waals surface area (Å²) >= 11 is 0. The van der Waals surface area contributed by atoms with Gasteiger partial charge in [0.05, 0.1) is 0 Å². The van der Waals surface area contributed by atoms with E-state index in [0.717, 1.165) is 109 Å². The summed E-state index contributed by atoms with van der Waals surface area (Å²) in [5.74, 6) is -0.940. The van der Waals surface area contributed by atoms with Crippen molar-refractivity contribution in [2.24, 2.45) is 0 Å². The summed E-state index contributed by atoms with van der Waals surface area (Å²) in [6, 6.07) is 0. The van der Waals surface area contributed by atoms with E-state index in [9.17, 15) is 14.4 Å². The molecule has 6 nitrogen and oxygen atoms in total. The highest BCUT2D eigenvalue weighted by Gasteiger charge is 2.19. The number of carbonyl (C=O) groups is 3. The summed E-state index contributed by atoms with van der Waals surface area (Å²) in [7, 11) is 0. The molecule has 416 valence electrons. The smallest absolute Gasteiger partial charge is 0.306 e. The molecule has 1 atom stereocenters. The van der Waals surface area contributed by atoms with E-state index in [4.69, 9.17) is 14.2 Å². The van der Waals surface area contributed by atoms with Gasteiger partial charge in [-0.15, -0.1) is 0 Å². The van der Waals surface area contributed by atoms with Crippen molar-refractivity contribution < 1.29 is 28.6 Å². The standard InChI is InChI=1S/C66H116O6/c1-4-7-10-13-16-19-22-25-27-28-29-30-31-32-33-34-35-36-37-39-41-44-47-50-53-56-59-65(68)71-62-63(61-70-64(67)58-55-52-49-46-43-40-24-21-18-15-12-9-6-3)72-66(69)60-57-54-51-48-45-42-38-26-23-20-17-14-11-8-5-2/h8,11-12,15,17,20-21,24,26,38,45,48,63H,4-7,9-10,13-14,16,18-19,22-23,25,27-37,39-44,46-47,49-62H2,1-3H3/b11-8-,15-12-,20-17-,24-21-,38-26-,48-45-. The molecule has 1 unspecified atom stereocenters. The van der Waals surface area contributed by atoms with Crippen molar-refractivity contribution in [2.75, 3.05) is 13.2 Å². The first-order chi connectivity index (χ1) is 35.5. The molecule has 0 aliphatic carbocycles. The molecule has 0 spiro atoms. The van der Waals surface area contributed by atoms with E-state index < -0.39 is 6.10 Å². The Kier molecular flexibility index (Phi) is 57.8. The first kappa shape index (κ1) is 68.8. The number of carbonyl (C=O) groups excluding carboxylic acids is 3. The maximum absolute atomic E-state index is 12.8. The van der Waals surface area contributed by atoms with Crippen LogP contribution in [0.1, 0.15) is 310 Å². The van der Waals surface area contributed by atoms with E-state index in [1.807, 2.05) is 0 Å². The Morgan fingerprint density at radius 1 is 0.292 bits per heavy atom. The lowest BCUT2D eigenvalue weighted by Gasteiger charge is -2.18. The van der Waals surface area contributed by atoms with Gasteiger partial charge in [-0.1, -0.05) is 280 Å². The fraction of sp³-hybridized carbons (Fsp3) is 0.773. The van der Waals surface area contributed by atoms with Crippen LogP contribution in [0.25, 0.3) is 0 Å². The number of hydrogen-bond donors (Lipinski definition) is 0. The molecule has 0 fully saturated rings. The van der Waals surface area contributed by atoms with Crippen LogP contribution in [0, 0.1) is 0 Å². The van der Waals surface area contributed by atoms with Gasteiger partial charge in [0.2, 0.25) is 0 Å². The predicted octanol–water partition coefficient (Wildman–Crippen LogP) is 20.9. The highest BCUT2D eigenvalue weighted by Crippen LogP contribution is 2.17. The zero-order valence-electron chi connectivity index (χ0n) is 47.7. The SMILES string of the molecule is CC/C=C\C/C=C\C/C=C\C/C=C\CCCCC(=O)OC(COC(=O)CCCCCCC/C=C\C/C=C\CCC)COC(=O)CCCCCCCCCCCCCCCCCCCCCCCCCCCC. The monoisotopic (exact) mass is 1000 g/mol. The van der Waals surface area contributed by atoms with Gasteiger partial charge < -0.3 is 14.2 Å². The second-order valence-electron chi connectivity index (χ2n) is 20.6. The number of unbranched alkanes of at least 4 members (excludes halogenated alkanes) is 33. The minimum absolute atomic E-state index is 0.0945. The maximum Gasteiger partial charge on any atom is 0.306 e. The first-order valence-corrected chi connectivity index (χ1v) is 30.9. The topological polar surface area (TPSA) is 78.9 Å². The number of rotatable bonds is 56. The summed E-state index contributed by atoms with van der Waals surface area (Å²) in [4.78, 5) is 38.2. The van der Waals surface area contributed by atoms with E-state index in [1.165, 1.54) is 154 Å². The molecule has 72 heavy (non-hydrogen) atoms. The third-order valence-corrected chi connectivity index (χ3v) is 13.4. The number of hydrogen-bond acceptors (Lipinski definition) is 6. The van der Waals surface area contributed by atoms with Crippen LogP contribution in [0.3, 0.4) is 0 Å².